The van der Waals surface area contributed by atoms with E-state index in [0.717, 1.165) is 0 Å². The van der Waals surface area contributed by atoms with Crippen LogP contribution in [0, 0.1) is 6.92 Å². The lowest BCUT2D eigenvalue weighted by molar-refractivity contribution is 0.301. The third kappa shape index (κ3) is 2.85. The molecule has 0 unspecified atom stereocenters. The number of hydrogen-bond acceptors (Lipinski definition) is 4. The SMILES string of the molecule is Cc1c(N)cc(S(=O)(=O)NCCO)cc1Cl. The Labute approximate surface area is 99.3 Å². The normalized spacial score (nSPS) is 11.7. The van der Waals surface area contributed by atoms with E-state index < -0.39 is 10.0 Å². The summed E-state index contributed by atoms with van der Waals surface area (Å²) >= 11 is 5.84. The van der Waals surface area contributed by atoms with Gasteiger partial charge in [-0.25, -0.2) is 13.1 Å². The first-order chi connectivity index (χ1) is 7.38. The Bertz CT molecular complexity index is 465. The van der Waals surface area contributed by atoms with Crippen LogP contribution in [0.4, 0.5) is 5.69 Å². The molecule has 7 heteroatoms. The molecule has 0 radical (unpaired) electrons. The van der Waals surface area contributed by atoms with Crippen LogP contribution in [0.3, 0.4) is 0 Å². The number of nitrogens with two attached hydrogens (primary N) is 1. The van der Waals surface area contributed by atoms with Gasteiger partial charge >= 0.3 is 0 Å². The molecule has 0 atom stereocenters. The predicted molar refractivity (Wildman–Crippen MR) is 62.9 cm³/mol. The van der Waals surface area contributed by atoms with Crippen LogP contribution in [0.2, 0.25) is 5.02 Å². The Morgan fingerprint density at radius 3 is 2.62 bits per heavy atom. The maximum Gasteiger partial charge on any atom is 0.240 e. The van der Waals surface area contributed by atoms with Crippen molar-refractivity contribution in [3.63, 3.8) is 0 Å². The van der Waals surface area contributed by atoms with E-state index in [0.29, 0.717) is 16.3 Å². The highest BCUT2D eigenvalue weighted by atomic mass is 35.5. The van der Waals surface area contributed by atoms with Crippen molar-refractivity contribution in [1.82, 2.24) is 4.72 Å². The van der Waals surface area contributed by atoms with Gasteiger partial charge in [0.15, 0.2) is 0 Å². The molecule has 1 rings (SSSR count). The minimum absolute atomic E-state index is 0.00551. The van der Waals surface area contributed by atoms with Gasteiger partial charge in [-0.3, -0.25) is 0 Å². The summed E-state index contributed by atoms with van der Waals surface area (Å²) in [6, 6.07) is 2.66. The third-order valence-corrected chi connectivity index (χ3v) is 3.91. The van der Waals surface area contributed by atoms with Crippen LogP contribution in [0.5, 0.6) is 0 Å². The van der Waals surface area contributed by atoms with Gasteiger partial charge in [0.05, 0.1) is 11.5 Å². The zero-order valence-electron chi connectivity index (χ0n) is 8.70. The van der Waals surface area contributed by atoms with E-state index in [1.54, 1.807) is 6.92 Å². The van der Waals surface area contributed by atoms with Crippen LogP contribution in [-0.2, 0) is 10.0 Å². The second-order valence-electron chi connectivity index (χ2n) is 3.24. The Morgan fingerprint density at radius 1 is 1.50 bits per heavy atom. The van der Waals surface area contributed by atoms with E-state index in [1.165, 1.54) is 12.1 Å². The van der Waals surface area contributed by atoms with Crippen molar-refractivity contribution in [2.45, 2.75) is 11.8 Å². The van der Waals surface area contributed by atoms with Crippen molar-refractivity contribution in [3.05, 3.63) is 22.7 Å². The molecule has 5 nitrogen and oxygen atoms in total. The zero-order chi connectivity index (χ0) is 12.3. The van der Waals surface area contributed by atoms with E-state index in [1.807, 2.05) is 0 Å². The number of sulfonamides is 1. The largest absolute Gasteiger partial charge is 0.398 e. The average Bonchev–Trinajstić information content (AvgIpc) is 2.22. The smallest absolute Gasteiger partial charge is 0.240 e. The van der Waals surface area contributed by atoms with E-state index in [2.05, 4.69) is 4.72 Å². The Balaban J connectivity index is 3.14. The highest BCUT2D eigenvalue weighted by Crippen LogP contribution is 2.25. The molecule has 90 valence electrons. The van der Waals surface area contributed by atoms with Gasteiger partial charge in [0.2, 0.25) is 10.0 Å². The second-order valence-corrected chi connectivity index (χ2v) is 5.41. The Kier molecular flexibility index (Phi) is 4.15. The van der Waals surface area contributed by atoms with Crippen LogP contribution < -0.4 is 10.5 Å². The van der Waals surface area contributed by atoms with Gasteiger partial charge in [0, 0.05) is 17.3 Å². The van der Waals surface area contributed by atoms with E-state index >= 15 is 0 Å². The highest BCUT2D eigenvalue weighted by Gasteiger charge is 2.15. The van der Waals surface area contributed by atoms with Crippen molar-refractivity contribution >= 4 is 27.3 Å². The van der Waals surface area contributed by atoms with E-state index in [-0.39, 0.29) is 18.0 Å². The molecule has 0 aliphatic carbocycles. The number of benzene rings is 1. The van der Waals surface area contributed by atoms with Crippen LogP contribution in [0.15, 0.2) is 17.0 Å². The number of aliphatic hydroxyl groups is 1. The molecular weight excluding hydrogens is 252 g/mol. The van der Waals surface area contributed by atoms with Crippen LogP contribution in [-0.4, -0.2) is 26.7 Å². The summed E-state index contributed by atoms with van der Waals surface area (Å²) in [6.07, 6.45) is 0. The standard InChI is InChI=1S/C9H13ClN2O3S/c1-6-8(10)4-7(5-9(6)11)16(14,15)12-2-3-13/h4-5,12-13H,2-3,11H2,1H3. The van der Waals surface area contributed by atoms with Crippen molar-refractivity contribution in [3.8, 4) is 0 Å². The molecule has 0 aliphatic rings. The number of halogens is 1. The van der Waals surface area contributed by atoms with Gasteiger partial charge in [0.1, 0.15) is 0 Å². The summed E-state index contributed by atoms with van der Waals surface area (Å²) < 4.78 is 25.5. The van der Waals surface area contributed by atoms with E-state index in [9.17, 15) is 8.42 Å². The first-order valence-electron chi connectivity index (χ1n) is 4.54. The van der Waals surface area contributed by atoms with E-state index in [4.69, 9.17) is 22.4 Å². The molecule has 0 amide bonds. The molecule has 0 aromatic heterocycles. The van der Waals surface area contributed by atoms with Crippen molar-refractivity contribution in [1.29, 1.82) is 0 Å². The molecule has 16 heavy (non-hydrogen) atoms. The number of nitrogens with one attached hydrogen (secondary N) is 1. The number of nitrogen functional groups attached to an aromatic ring is 1. The van der Waals surface area contributed by atoms with Crippen LogP contribution in [0.25, 0.3) is 0 Å². The van der Waals surface area contributed by atoms with Gasteiger partial charge in [-0.15, -0.1) is 0 Å². The molecular formula is C9H13ClN2O3S. The molecule has 0 saturated carbocycles. The van der Waals surface area contributed by atoms with Gasteiger partial charge in [0.25, 0.3) is 0 Å². The van der Waals surface area contributed by atoms with Gasteiger partial charge in [-0.1, -0.05) is 11.6 Å². The minimum Gasteiger partial charge on any atom is -0.398 e. The van der Waals surface area contributed by atoms with Crippen molar-refractivity contribution < 1.29 is 13.5 Å². The second kappa shape index (κ2) is 5.01. The maximum atomic E-state index is 11.7. The molecule has 1 aromatic carbocycles. The molecule has 0 spiro atoms. The van der Waals surface area contributed by atoms with Crippen LogP contribution in [0.1, 0.15) is 5.56 Å². The van der Waals surface area contributed by atoms with Crippen LogP contribution >= 0.6 is 11.6 Å². The number of hydrogen-bond donors (Lipinski definition) is 3. The first kappa shape index (κ1) is 13.2. The fourth-order valence-corrected chi connectivity index (χ4v) is 2.47. The predicted octanol–water partition coefficient (Wildman–Crippen LogP) is 0.501. The summed E-state index contributed by atoms with van der Waals surface area (Å²) in [6.45, 7) is 1.39. The summed E-state index contributed by atoms with van der Waals surface area (Å²) in [5.74, 6) is 0. The summed E-state index contributed by atoms with van der Waals surface area (Å²) in [5.41, 5.74) is 6.58. The fourth-order valence-electron chi connectivity index (χ4n) is 1.09. The number of rotatable bonds is 4. The maximum absolute atomic E-state index is 11.7. The topological polar surface area (TPSA) is 92.4 Å². The monoisotopic (exact) mass is 264 g/mol. The molecule has 4 N–H and O–H groups in total. The molecule has 0 saturated heterocycles. The van der Waals surface area contributed by atoms with Gasteiger partial charge in [-0.2, -0.15) is 0 Å². The molecule has 0 fully saturated rings. The fraction of sp³-hybridized carbons (Fsp3) is 0.333. The highest BCUT2D eigenvalue weighted by molar-refractivity contribution is 7.89. The zero-order valence-corrected chi connectivity index (χ0v) is 10.3. The lowest BCUT2D eigenvalue weighted by atomic mass is 10.2. The summed E-state index contributed by atoms with van der Waals surface area (Å²) in [5, 5.41) is 8.85. The minimum atomic E-state index is -3.66. The number of anilines is 1. The van der Waals surface area contributed by atoms with Gasteiger partial charge in [-0.05, 0) is 24.6 Å². The lowest BCUT2D eigenvalue weighted by Crippen LogP contribution is -2.26. The molecule has 0 bridgehead atoms. The summed E-state index contributed by atoms with van der Waals surface area (Å²) in [7, 11) is -3.66. The Morgan fingerprint density at radius 2 is 2.12 bits per heavy atom. The lowest BCUT2D eigenvalue weighted by Gasteiger charge is -2.09. The molecule has 0 heterocycles. The van der Waals surface area contributed by atoms with Gasteiger partial charge < -0.3 is 10.8 Å². The average molecular weight is 265 g/mol. The van der Waals surface area contributed by atoms with Crippen molar-refractivity contribution in [2.24, 2.45) is 0 Å². The molecule has 1 aromatic rings. The number of aliphatic hydroxyl groups excluding tert-OH is 1. The first-order valence-corrected chi connectivity index (χ1v) is 6.40. The third-order valence-electron chi connectivity index (χ3n) is 2.07. The molecule has 0 aliphatic heterocycles. The van der Waals surface area contributed by atoms with Crippen molar-refractivity contribution in [2.75, 3.05) is 18.9 Å². The summed E-state index contributed by atoms with van der Waals surface area (Å²) in [4.78, 5) is -0.00551. The Hall–Kier alpha value is -0.820. The quantitative estimate of drug-likeness (QED) is 0.691.